The first-order chi connectivity index (χ1) is 39.8. The van der Waals surface area contributed by atoms with Crippen molar-refractivity contribution in [1.29, 1.82) is 0 Å². The number of halogens is 2. The molecule has 0 spiro atoms. The summed E-state index contributed by atoms with van der Waals surface area (Å²) < 4.78 is 32.0. The second kappa shape index (κ2) is 31.5. The number of aliphatic hydroxyl groups excluding tert-OH is 3. The number of para-hydroxylation sites is 2. The molecule has 0 aliphatic rings. The normalized spacial score (nSPS) is 12.6. The van der Waals surface area contributed by atoms with Crippen LogP contribution in [-0.2, 0) is 27.6 Å². The van der Waals surface area contributed by atoms with Crippen molar-refractivity contribution in [1.82, 2.24) is 9.13 Å². The van der Waals surface area contributed by atoms with Gasteiger partial charge in [0.05, 0.1) is 40.8 Å². The zero-order valence-corrected chi connectivity index (χ0v) is 49.5. The number of carbonyl (C=O) groups excluding carboxylic acids is 4. The summed E-state index contributed by atoms with van der Waals surface area (Å²) in [6, 6.07) is 49.3. The summed E-state index contributed by atoms with van der Waals surface area (Å²) >= 11 is 0. The molecule has 0 unspecified atom stereocenters. The fourth-order valence-corrected chi connectivity index (χ4v) is 10.5. The van der Waals surface area contributed by atoms with Crippen LogP contribution in [0.2, 0.25) is 0 Å². The van der Waals surface area contributed by atoms with E-state index in [1.807, 2.05) is 134 Å². The molecule has 15 nitrogen and oxygen atoms in total. The van der Waals surface area contributed by atoms with Crippen LogP contribution in [0.1, 0.15) is 110 Å². The predicted molar refractivity (Wildman–Crippen MR) is 316 cm³/mol. The molecule has 6 aromatic carbocycles. The monoisotopic (exact) mass is 1170 g/mol. The van der Waals surface area contributed by atoms with Gasteiger partial charge in [0, 0.05) is 78.2 Å². The third-order valence-electron chi connectivity index (χ3n) is 14.0. The number of anilines is 2. The van der Waals surface area contributed by atoms with E-state index in [0.29, 0.717) is 56.1 Å². The average molecular weight is 1170 g/mol. The molecule has 2 amide bonds. The van der Waals surface area contributed by atoms with E-state index in [4.69, 9.17) is 5.26 Å². The van der Waals surface area contributed by atoms with Crippen molar-refractivity contribution < 1.29 is 63.6 Å². The smallest absolute Gasteiger partial charge is 0.550 e. The van der Waals surface area contributed by atoms with Crippen molar-refractivity contribution in [3.63, 3.8) is 0 Å². The Morgan fingerprint density at radius 3 is 1.17 bits per heavy atom. The van der Waals surface area contributed by atoms with Crippen LogP contribution in [0.15, 0.2) is 170 Å². The van der Waals surface area contributed by atoms with E-state index in [-0.39, 0.29) is 100 Å². The minimum absolute atomic E-state index is 0. The molecule has 0 saturated carbocycles. The van der Waals surface area contributed by atoms with Crippen molar-refractivity contribution >= 4 is 72.9 Å². The van der Waals surface area contributed by atoms with Crippen molar-refractivity contribution in [2.75, 3.05) is 10.6 Å². The van der Waals surface area contributed by atoms with Gasteiger partial charge in [-0.3, -0.25) is 14.8 Å². The molecule has 2 heterocycles. The first kappa shape index (κ1) is 65.8. The predicted octanol–water partition coefficient (Wildman–Crippen LogP) is 10.1. The van der Waals surface area contributed by atoms with Crippen LogP contribution < -0.4 is 20.8 Å². The Hall–Kier alpha value is -7.32. The molecule has 18 heteroatoms. The fraction of sp³-hybridized carbons (Fsp3) is 0.273. The Balaban J connectivity index is 0.000000266. The van der Waals surface area contributed by atoms with Crippen LogP contribution in [0.5, 0.6) is 0 Å². The van der Waals surface area contributed by atoms with Gasteiger partial charge in [0.15, 0.2) is 0 Å². The maximum atomic E-state index is 14.1. The zero-order valence-electron chi connectivity index (χ0n) is 47.3. The number of benzene rings is 6. The number of carboxylic acids is 2. The number of nitrogens with one attached hydrogen (secondary N) is 2. The summed E-state index contributed by atoms with van der Waals surface area (Å²) in [4.78, 5) is 54.2. The summed E-state index contributed by atoms with van der Waals surface area (Å²) in [7, 11) is 0. The SMILES string of the molecule is CC(C)c1c(C(=O)Nc2ccccc2)c(-c2ccccc2)c(-c2ccc(F)cc2)n1CC[C@@H](O)C[C@H](CC(=O)[O-])OO.CC(C)c1c(C(=O)Nc2ccccc2)c(-c2ccccc2)c(-c2ccc(F)cc2)n1CC[C@H](O)C[C@H](O)CC(=O)[O-].[Ca+2]. The Bertz CT molecular complexity index is 3420. The van der Waals surface area contributed by atoms with E-state index in [0.717, 1.165) is 22.5 Å². The van der Waals surface area contributed by atoms with Gasteiger partial charge in [-0.2, -0.15) is 0 Å². The average Bonchev–Trinajstić information content (AvgIpc) is 1.89. The quantitative estimate of drug-likeness (QED) is 0.0179. The van der Waals surface area contributed by atoms with Crippen LogP contribution in [-0.4, -0.2) is 116 Å². The number of carbonyl (C=O) groups is 4. The third kappa shape index (κ3) is 17.4. The topological polar surface area (TPSA) is 238 Å². The Morgan fingerprint density at radius 2 is 0.833 bits per heavy atom. The number of aliphatic hydroxyl groups is 3. The van der Waals surface area contributed by atoms with Crippen LogP contribution in [0.4, 0.5) is 20.2 Å². The molecule has 0 saturated heterocycles. The number of aromatic nitrogens is 2. The van der Waals surface area contributed by atoms with E-state index < -0.39 is 60.8 Å². The Morgan fingerprint density at radius 1 is 0.488 bits per heavy atom. The molecule has 0 fully saturated rings. The number of hydrogen-bond donors (Lipinski definition) is 6. The largest absolute Gasteiger partial charge is 2.00 e. The van der Waals surface area contributed by atoms with Crippen molar-refractivity contribution in [3.05, 3.63) is 204 Å². The summed E-state index contributed by atoms with van der Waals surface area (Å²) in [5, 5.41) is 68.5. The minimum atomic E-state index is -1.41. The molecule has 0 radical (unpaired) electrons. The molecule has 8 aromatic rings. The van der Waals surface area contributed by atoms with Crippen molar-refractivity contribution in [3.8, 4) is 44.8 Å². The first-order valence-electron chi connectivity index (χ1n) is 27.5. The van der Waals surface area contributed by atoms with Crippen LogP contribution in [0, 0.1) is 11.6 Å². The van der Waals surface area contributed by atoms with Gasteiger partial charge in [0.1, 0.15) is 17.7 Å². The molecule has 6 N–H and O–H groups in total. The maximum absolute atomic E-state index is 14.1. The summed E-state index contributed by atoms with van der Waals surface area (Å²) in [6.07, 6.45) is -5.49. The molecule has 4 atom stereocenters. The zero-order chi connectivity index (χ0) is 59.7. The summed E-state index contributed by atoms with van der Waals surface area (Å²) in [5.41, 5.74) is 9.35. The Kier molecular flexibility index (Phi) is 24.7. The fourth-order valence-electron chi connectivity index (χ4n) is 10.5. The number of rotatable bonds is 25. The molecule has 434 valence electrons. The van der Waals surface area contributed by atoms with E-state index >= 15 is 0 Å². The number of amides is 2. The van der Waals surface area contributed by atoms with Crippen molar-refractivity contribution in [2.24, 2.45) is 0 Å². The number of hydrogen-bond acceptors (Lipinski definition) is 11. The molecule has 84 heavy (non-hydrogen) atoms. The number of aliphatic carboxylic acids is 2. The van der Waals surface area contributed by atoms with Gasteiger partial charge in [-0.1, -0.05) is 125 Å². The molecular weight excluding hydrogens is 1100 g/mol. The standard InChI is InChI=1S/C33H35FN2O6.C33H35FN2O5.Ca/c1-21(2)31-30(33(40)35-25-11-7-4-8-12-25)29(22-9-5-3-6-10-22)32(23-13-15-24(34)16-14-23)36(31)18-17-26(37)19-27(42-41)20-28(38)39;1-21(2)31-30(33(41)35-25-11-7-4-8-12-25)29(22-9-5-3-6-10-22)32(23-13-15-24(34)16-14-23)36(31)18-17-26(37)19-27(38)20-28(39)40;/h3-16,21,26-27,37,41H,17-20H2,1-2H3,(H,35,40)(H,38,39);3-16,21,26-27,37-38H,17-20H2,1-2H3,(H,35,41)(H,39,40);/q;;+2/p-2/t2*26-,27-;/m10./s1. The molecule has 0 aliphatic heterocycles. The minimum Gasteiger partial charge on any atom is -0.550 e. The van der Waals surface area contributed by atoms with E-state index in [9.17, 15) is 53.5 Å². The first-order valence-corrected chi connectivity index (χ1v) is 27.5. The molecule has 0 aliphatic carbocycles. The van der Waals surface area contributed by atoms with Gasteiger partial charge < -0.3 is 54.9 Å². The summed E-state index contributed by atoms with van der Waals surface area (Å²) in [6.45, 7) is 8.41. The van der Waals surface area contributed by atoms with Gasteiger partial charge in [-0.25, -0.2) is 13.7 Å². The van der Waals surface area contributed by atoms with Gasteiger partial charge in [0.2, 0.25) is 0 Å². The van der Waals surface area contributed by atoms with Crippen LogP contribution in [0.25, 0.3) is 44.8 Å². The second-order valence-corrected chi connectivity index (χ2v) is 20.9. The van der Waals surface area contributed by atoms with Gasteiger partial charge in [-0.05, 0) is 126 Å². The summed E-state index contributed by atoms with van der Waals surface area (Å²) in [5.74, 6) is -4.46. The van der Waals surface area contributed by atoms with E-state index in [1.165, 1.54) is 24.3 Å². The number of carboxylic acid groups (broad SMARTS) is 2. The van der Waals surface area contributed by atoms with Crippen LogP contribution >= 0.6 is 0 Å². The number of nitrogens with zero attached hydrogens (tertiary/aromatic N) is 2. The van der Waals surface area contributed by atoms with E-state index in [2.05, 4.69) is 15.5 Å². The molecular formula is C66H68CaF2N4O11. The molecule has 0 bridgehead atoms. The maximum Gasteiger partial charge on any atom is 2.00 e. The van der Waals surface area contributed by atoms with Gasteiger partial charge >= 0.3 is 37.7 Å². The third-order valence-corrected chi connectivity index (χ3v) is 14.0. The molecule has 8 rings (SSSR count). The van der Waals surface area contributed by atoms with Gasteiger partial charge in [0.25, 0.3) is 11.8 Å². The van der Waals surface area contributed by atoms with Crippen LogP contribution in [0.3, 0.4) is 0 Å². The molecule has 2 aromatic heterocycles. The van der Waals surface area contributed by atoms with E-state index in [1.54, 1.807) is 48.5 Å². The second-order valence-electron chi connectivity index (χ2n) is 20.9. The van der Waals surface area contributed by atoms with Crippen molar-refractivity contribution in [2.45, 2.75) is 116 Å². The Labute approximate surface area is 517 Å². The van der Waals surface area contributed by atoms with Gasteiger partial charge in [-0.15, -0.1) is 0 Å².